The maximum Gasteiger partial charge on any atom is 0.295 e. The molecule has 0 aliphatic heterocycles. The third-order valence-corrected chi connectivity index (χ3v) is 17.9. The van der Waals surface area contributed by atoms with Gasteiger partial charge in [-0.3, -0.25) is 18.2 Å². The molecule has 0 aliphatic carbocycles. The zero-order valence-corrected chi connectivity index (χ0v) is 55.9. The van der Waals surface area contributed by atoms with Crippen LogP contribution in [-0.2, 0) is 40.5 Å². The van der Waals surface area contributed by atoms with E-state index < -0.39 is 60.1 Å². The van der Waals surface area contributed by atoms with Crippen molar-refractivity contribution in [1.82, 2.24) is 29.9 Å². The van der Waals surface area contributed by atoms with Gasteiger partial charge in [0.05, 0.1) is 36.2 Å². The number of benzene rings is 8. The Hall–Kier alpha value is -10.7. The Morgan fingerprint density at radius 2 is 0.670 bits per heavy atom. The van der Waals surface area contributed by atoms with Crippen LogP contribution in [0.25, 0.3) is 47.6 Å². The summed E-state index contributed by atoms with van der Waals surface area (Å²) in [5.74, 6) is -0.916. The SMILES string of the molecule is C(=Cc1cccc(-c2ccccc2)c1C=Cc1ccccc1)c1ccccc1.O=S(=O)(O)c1ccc(Nc2nc(Nc3ccc(C=Cc4ccc(Nc5nc(Nc6ccc(S(=O)(=O)O)cc6)nc(N(CCO)CCO)n5)cc4S(=O)(=O)O)c(S(=O)(=O)O)c3)nc(N(CCO)CCO)n2)cc1. The van der Waals surface area contributed by atoms with E-state index in [4.69, 9.17) is 0 Å². The first-order valence-corrected chi connectivity index (χ1v) is 35.9. The predicted molar refractivity (Wildman–Crippen MR) is 382 cm³/mol. The van der Waals surface area contributed by atoms with Gasteiger partial charge in [0.15, 0.2) is 0 Å². The topological polar surface area (TPSA) is 430 Å². The second-order valence-electron chi connectivity index (χ2n) is 21.4. The fourth-order valence-corrected chi connectivity index (χ4v) is 12.1. The predicted octanol–water partition coefficient (Wildman–Crippen LogP) is 9.46. The Bertz CT molecular complexity index is 4800. The van der Waals surface area contributed by atoms with Crippen LogP contribution in [0, 0.1) is 0 Å². The Morgan fingerprint density at radius 3 is 1.03 bits per heavy atom. The molecule has 0 amide bonds. The summed E-state index contributed by atoms with van der Waals surface area (Å²) in [6.07, 6.45) is 11.1. The summed E-state index contributed by atoms with van der Waals surface area (Å²) >= 11 is 0. The number of aliphatic hydroxyl groups excluding tert-OH is 4. The van der Waals surface area contributed by atoms with E-state index >= 15 is 0 Å². The van der Waals surface area contributed by atoms with Gasteiger partial charge in [0.25, 0.3) is 40.5 Å². The van der Waals surface area contributed by atoms with Gasteiger partial charge in [-0.25, -0.2) is 0 Å². The van der Waals surface area contributed by atoms with E-state index in [0.29, 0.717) is 0 Å². The number of hydrogen-bond acceptors (Lipinski definition) is 24. The third kappa shape index (κ3) is 20.9. The van der Waals surface area contributed by atoms with Crippen molar-refractivity contribution < 1.29 is 72.3 Å². The molecule has 518 valence electrons. The second kappa shape index (κ2) is 33.7. The van der Waals surface area contributed by atoms with Crippen molar-refractivity contribution in [3.8, 4) is 11.1 Å². The van der Waals surface area contributed by atoms with E-state index in [9.17, 15) is 72.3 Å². The standard InChI is InChI=1S/C40H44N12O16S4.C28H22/c53-19-15-51(16-20-54)39-47-35(41-27-7-11-31(12-8-27)69(57,58)59)45-37(49-39)43-29-5-3-25(33(23-29)71(63,64)65)1-2-26-4-6-30(24-34(26)72(66,67)68)44-38-46-36(48-40(50-38)52(17-21-55)18-22-56)42-28-9-13-32(14-10-28)70(60,61)62;1-4-11-23(12-5-1)19-21-26-17-10-18-27(25-15-8-3-9-16-25)28(26)22-20-24-13-6-2-7-14-24/h1-14,23-24,53-56H,15-22H2,(H,57,58,59)(H,60,61,62)(H,63,64,65)(H,66,67,68)(H2,41,43,45,47,49)(H2,42,44,46,48,50);1-22H. The van der Waals surface area contributed by atoms with Crippen LogP contribution in [-0.4, -0.2) is 155 Å². The van der Waals surface area contributed by atoms with Gasteiger partial charge in [-0.1, -0.05) is 158 Å². The van der Waals surface area contributed by atoms with E-state index in [0.717, 1.165) is 48.6 Å². The summed E-state index contributed by atoms with van der Waals surface area (Å²) < 4.78 is 137. The second-order valence-corrected chi connectivity index (χ2v) is 27.0. The summed E-state index contributed by atoms with van der Waals surface area (Å²) in [6.45, 7) is -1.69. The molecule has 0 fully saturated rings. The highest BCUT2D eigenvalue weighted by atomic mass is 32.2. The smallest absolute Gasteiger partial charge is 0.295 e. The first-order valence-electron chi connectivity index (χ1n) is 30.1. The Kier molecular flexibility index (Phi) is 24.8. The summed E-state index contributed by atoms with van der Waals surface area (Å²) in [6, 6.07) is 54.7. The molecule has 10 rings (SSSR count). The number of anilines is 10. The number of rotatable bonds is 29. The molecule has 100 heavy (non-hydrogen) atoms. The minimum Gasteiger partial charge on any atom is -0.395 e. The van der Waals surface area contributed by atoms with Crippen LogP contribution in [0.5, 0.6) is 0 Å². The molecule has 0 spiro atoms. The van der Waals surface area contributed by atoms with Crippen molar-refractivity contribution in [2.45, 2.75) is 19.6 Å². The average Bonchev–Trinajstić information content (AvgIpc) is 0.814. The number of hydrogen-bond donors (Lipinski definition) is 12. The molecule has 32 heteroatoms. The number of nitrogens with one attached hydrogen (secondary N) is 4. The molecule has 2 heterocycles. The summed E-state index contributed by atoms with van der Waals surface area (Å²) in [4.78, 5) is 26.4. The highest BCUT2D eigenvalue weighted by Gasteiger charge is 2.22. The highest BCUT2D eigenvalue weighted by Crippen LogP contribution is 2.32. The highest BCUT2D eigenvalue weighted by molar-refractivity contribution is 7.86. The molecule has 0 atom stereocenters. The van der Waals surface area contributed by atoms with Crippen molar-refractivity contribution in [1.29, 1.82) is 0 Å². The molecule has 8 aromatic carbocycles. The van der Waals surface area contributed by atoms with Gasteiger partial charge in [-0.15, -0.1) is 0 Å². The first kappa shape index (κ1) is 73.5. The van der Waals surface area contributed by atoms with Crippen LogP contribution >= 0.6 is 0 Å². The van der Waals surface area contributed by atoms with E-state index in [1.165, 1.54) is 91.7 Å². The van der Waals surface area contributed by atoms with Gasteiger partial charge in [0, 0.05) is 48.9 Å². The summed E-state index contributed by atoms with van der Waals surface area (Å²) in [5, 5.41) is 49.9. The van der Waals surface area contributed by atoms with Crippen molar-refractivity contribution in [2.75, 3.05) is 83.7 Å². The van der Waals surface area contributed by atoms with Gasteiger partial charge in [-0.2, -0.15) is 63.6 Å². The average molecular weight is 1440 g/mol. The van der Waals surface area contributed by atoms with Crippen molar-refractivity contribution in [3.05, 3.63) is 228 Å². The lowest BCUT2D eigenvalue weighted by atomic mass is 9.94. The van der Waals surface area contributed by atoms with Crippen LogP contribution in [0.1, 0.15) is 33.4 Å². The number of nitrogens with zero attached hydrogens (tertiary/aromatic N) is 8. The lowest BCUT2D eigenvalue weighted by Crippen LogP contribution is -2.31. The fraction of sp³-hybridized carbons (Fsp3) is 0.118. The lowest BCUT2D eigenvalue weighted by molar-refractivity contribution is 0.279. The van der Waals surface area contributed by atoms with E-state index in [1.807, 2.05) is 12.1 Å². The minimum atomic E-state index is -5.03. The molecule has 10 aromatic rings. The molecule has 0 aliphatic rings. The van der Waals surface area contributed by atoms with Crippen molar-refractivity contribution in [2.24, 2.45) is 0 Å². The Labute approximate surface area is 576 Å². The molecular formula is C68H66N12O16S4. The van der Waals surface area contributed by atoms with Crippen LogP contribution in [0.15, 0.2) is 214 Å². The third-order valence-electron chi connectivity index (χ3n) is 14.4. The Balaban J connectivity index is 0.000000343. The fourth-order valence-electron chi connectivity index (χ4n) is 9.68. The molecule has 0 saturated heterocycles. The maximum absolute atomic E-state index is 12.8. The van der Waals surface area contributed by atoms with E-state index in [1.54, 1.807) is 0 Å². The lowest BCUT2D eigenvalue weighted by Gasteiger charge is -2.21. The molecular weight excluding hydrogens is 1370 g/mol. The minimum absolute atomic E-state index is 0.0176. The summed E-state index contributed by atoms with van der Waals surface area (Å²) in [7, 11) is -19.1. The van der Waals surface area contributed by atoms with E-state index in [2.05, 4.69) is 173 Å². The number of aromatic nitrogens is 6. The molecule has 28 nitrogen and oxygen atoms in total. The maximum atomic E-state index is 12.8. The Morgan fingerprint density at radius 1 is 0.330 bits per heavy atom. The first-order chi connectivity index (χ1) is 47.9. The largest absolute Gasteiger partial charge is 0.395 e. The van der Waals surface area contributed by atoms with Crippen molar-refractivity contribution >= 4 is 135 Å². The van der Waals surface area contributed by atoms with Crippen LogP contribution in [0.4, 0.5) is 58.4 Å². The molecule has 0 bridgehead atoms. The number of aliphatic hydroxyl groups is 4. The van der Waals surface area contributed by atoms with Gasteiger partial charge >= 0.3 is 0 Å². The monoisotopic (exact) mass is 1430 g/mol. The van der Waals surface area contributed by atoms with Gasteiger partial charge < -0.3 is 51.5 Å². The molecule has 2 aromatic heterocycles. The van der Waals surface area contributed by atoms with Crippen LogP contribution in [0.3, 0.4) is 0 Å². The van der Waals surface area contributed by atoms with Gasteiger partial charge in [0.1, 0.15) is 9.79 Å². The van der Waals surface area contributed by atoms with E-state index in [-0.39, 0.29) is 122 Å². The molecule has 0 saturated carbocycles. The zero-order chi connectivity index (χ0) is 71.5. The molecule has 0 radical (unpaired) electrons. The van der Waals surface area contributed by atoms with Crippen molar-refractivity contribution in [3.63, 3.8) is 0 Å². The molecule has 12 N–H and O–H groups in total. The summed E-state index contributed by atoms with van der Waals surface area (Å²) in [5.41, 5.74) is 7.42. The normalized spacial score (nSPS) is 11.9. The quantitative estimate of drug-likeness (QED) is 0.0153. The van der Waals surface area contributed by atoms with Crippen LogP contribution in [0.2, 0.25) is 0 Å². The zero-order valence-electron chi connectivity index (χ0n) is 52.7. The van der Waals surface area contributed by atoms with Gasteiger partial charge in [0.2, 0.25) is 35.7 Å². The van der Waals surface area contributed by atoms with Crippen LogP contribution < -0.4 is 31.1 Å². The van der Waals surface area contributed by atoms with Gasteiger partial charge in [-0.05, 0) is 117 Å². The molecule has 0 unspecified atom stereocenters.